The van der Waals surface area contributed by atoms with Gasteiger partial charge in [-0.2, -0.15) is 0 Å². The Labute approximate surface area is 120 Å². The van der Waals surface area contributed by atoms with E-state index in [-0.39, 0.29) is 11.6 Å². The molecule has 0 saturated carbocycles. The summed E-state index contributed by atoms with van der Waals surface area (Å²) in [5.41, 5.74) is 2.47. The molecule has 4 heteroatoms. The Balaban J connectivity index is 1.51. The first kappa shape index (κ1) is 13.6. The predicted molar refractivity (Wildman–Crippen MR) is 77.5 cm³/mol. The van der Waals surface area contributed by atoms with Gasteiger partial charge >= 0.3 is 5.97 Å². The number of hydrogen-bond acceptors (Lipinski definition) is 4. The van der Waals surface area contributed by atoms with Crippen LogP contribution in [0.4, 0.5) is 0 Å². The molecular weight excluding hydrogens is 252 g/mol. The fraction of sp³-hybridized carbons (Fsp3) is 0.562. The van der Waals surface area contributed by atoms with Crippen LogP contribution in [0.1, 0.15) is 30.9 Å². The van der Waals surface area contributed by atoms with E-state index in [4.69, 9.17) is 4.74 Å². The summed E-state index contributed by atoms with van der Waals surface area (Å²) >= 11 is 0. The number of nitrogens with one attached hydrogen (secondary N) is 1. The minimum Gasteiger partial charge on any atom is -0.457 e. The van der Waals surface area contributed by atoms with Gasteiger partial charge in [-0.1, -0.05) is 24.3 Å². The van der Waals surface area contributed by atoms with Crippen molar-refractivity contribution >= 4 is 5.97 Å². The molecule has 0 unspecified atom stereocenters. The topological polar surface area (TPSA) is 41.6 Å². The van der Waals surface area contributed by atoms with Crippen molar-refractivity contribution in [3.8, 4) is 0 Å². The molecule has 0 spiro atoms. The fourth-order valence-electron chi connectivity index (χ4n) is 3.10. The van der Waals surface area contributed by atoms with Crippen LogP contribution in [0, 0.1) is 0 Å². The van der Waals surface area contributed by atoms with Crippen LogP contribution in [-0.2, 0) is 16.1 Å². The zero-order valence-electron chi connectivity index (χ0n) is 12.2. The Kier molecular flexibility index (Phi) is 3.52. The van der Waals surface area contributed by atoms with Crippen LogP contribution in [0.3, 0.4) is 0 Å². The molecule has 1 N–H and O–H groups in total. The van der Waals surface area contributed by atoms with Gasteiger partial charge in [0, 0.05) is 45.6 Å². The molecule has 2 aliphatic rings. The van der Waals surface area contributed by atoms with Crippen molar-refractivity contribution in [3.05, 3.63) is 35.4 Å². The normalized spacial score (nSPS) is 21.9. The zero-order valence-corrected chi connectivity index (χ0v) is 12.2. The highest BCUT2D eigenvalue weighted by molar-refractivity contribution is 5.66. The molecule has 2 aliphatic heterocycles. The summed E-state index contributed by atoms with van der Waals surface area (Å²) < 4.78 is 5.33. The lowest BCUT2D eigenvalue weighted by Crippen LogP contribution is -2.61. The maximum atomic E-state index is 11.0. The maximum Gasteiger partial charge on any atom is 0.303 e. The Morgan fingerprint density at radius 2 is 2.00 bits per heavy atom. The molecule has 2 fully saturated rings. The van der Waals surface area contributed by atoms with Crippen LogP contribution in [0.25, 0.3) is 0 Å². The van der Waals surface area contributed by atoms with Crippen molar-refractivity contribution in [1.29, 1.82) is 0 Å². The van der Waals surface area contributed by atoms with E-state index in [2.05, 4.69) is 34.5 Å². The Hall–Kier alpha value is -1.39. The van der Waals surface area contributed by atoms with Crippen LogP contribution in [0.5, 0.6) is 0 Å². The van der Waals surface area contributed by atoms with Crippen molar-refractivity contribution in [2.75, 3.05) is 26.2 Å². The lowest BCUT2D eigenvalue weighted by atomic mass is 9.92. The highest BCUT2D eigenvalue weighted by Gasteiger charge is 2.41. The number of ether oxygens (including phenoxy) is 1. The first-order valence-corrected chi connectivity index (χ1v) is 7.26. The summed E-state index contributed by atoms with van der Waals surface area (Å²) in [7, 11) is 0. The second-order valence-corrected chi connectivity index (χ2v) is 6.29. The van der Waals surface area contributed by atoms with Gasteiger partial charge in [-0.05, 0) is 18.1 Å². The summed E-state index contributed by atoms with van der Waals surface area (Å²) in [6, 6.07) is 8.92. The van der Waals surface area contributed by atoms with Crippen LogP contribution in [0.15, 0.2) is 24.3 Å². The van der Waals surface area contributed by atoms with Gasteiger partial charge in [-0.25, -0.2) is 0 Å². The van der Waals surface area contributed by atoms with Gasteiger partial charge in [0.1, 0.15) is 5.60 Å². The summed E-state index contributed by atoms with van der Waals surface area (Å²) in [5.74, 6) is 0.505. The number of nitrogens with zero attached hydrogens (tertiary/aromatic N) is 1. The summed E-state index contributed by atoms with van der Waals surface area (Å²) in [4.78, 5) is 13.3. The van der Waals surface area contributed by atoms with E-state index in [9.17, 15) is 4.79 Å². The lowest BCUT2D eigenvalue weighted by molar-refractivity contribution is -0.174. The molecule has 20 heavy (non-hydrogen) atoms. The van der Waals surface area contributed by atoms with E-state index in [0.29, 0.717) is 5.92 Å². The quantitative estimate of drug-likeness (QED) is 0.845. The van der Waals surface area contributed by atoms with Gasteiger partial charge in [-0.15, -0.1) is 0 Å². The second kappa shape index (κ2) is 5.19. The molecule has 3 rings (SSSR count). The minimum absolute atomic E-state index is 0.189. The third-order valence-electron chi connectivity index (χ3n) is 4.15. The molecule has 0 amide bonds. The number of carbonyl (C=O) groups excluding carboxylic acids is 1. The lowest BCUT2D eigenvalue weighted by Gasteiger charge is -2.46. The van der Waals surface area contributed by atoms with E-state index < -0.39 is 0 Å². The molecule has 1 aromatic carbocycles. The van der Waals surface area contributed by atoms with Crippen LogP contribution >= 0.6 is 0 Å². The third kappa shape index (κ3) is 2.86. The average Bonchev–Trinajstić information content (AvgIpc) is 2.26. The first-order valence-electron chi connectivity index (χ1n) is 7.26. The van der Waals surface area contributed by atoms with Gasteiger partial charge in [0.05, 0.1) is 0 Å². The molecule has 0 atom stereocenters. The Bertz CT molecular complexity index is 488. The van der Waals surface area contributed by atoms with Crippen LogP contribution in [0.2, 0.25) is 0 Å². The molecule has 0 aromatic heterocycles. The minimum atomic E-state index is -0.288. The zero-order chi connectivity index (χ0) is 14.2. The smallest absolute Gasteiger partial charge is 0.303 e. The highest BCUT2D eigenvalue weighted by atomic mass is 16.6. The molecule has 108 valence electrons. The van der Waals surface area contributed by atoms with E-state index >= 15 is 0 Å². The summed E-state index contributed by atoms with van der Waals surface area (Å²) in [6.45, 7) is 8.25. The van der Waals surface area contributed by atoms with Crippen molar-refractivity contribution < 1.29 is 9.53 Å². The van der Waals surface area contributed by atoms with Crippen molar-refractivity contribution in [2.45, 2.75) is 31.9 Å². The van der Waals surface area contributed by atoms with Crippen LogP contribution < -0.4 is 5.32 Å². The van der Waals surface area contributed by atoms with Gasteiger partial charge < -0.3 is 10.1 Å². The number of carbonyl (C=O) groups is 1. The number of likely N-dealkylation sites (tertiary alicyclic amines) is 1. The molecule has 1 aromatic rings. The number of benzene rings is 1. The Morgan fingerprint density at radius 3 is 2.50 bits per heavy atom. The van der Waals surface area contributed by atoms with Crippen molar-refractivity contribution in [3.63, 3.8) is 0 Å². The number of esters is 1. The Morgan fingerprint density at radius 1 is 1.35 bits per heavy atom. The number of rotatable bonds is 4. The SMILES string of the molecule is CC(=O)OC1(C)CN(Cc2ccc(C3CNC3)cc2)C1. The largest absolute Gasteiger partial charge is 0.457 e. The monoisotopic (exact) mass is 274 g/mol. The first-order chi connectivity index (χ1) is 9.54. The van der Waals surface area contributed by atoms with Crippen molar-refractivity contribution in [1.82, 2.24) is 10.2 Å². The predicted octanol–water partition coefficient (Wildman–Crippen LogP) is 1.51. The third-order valence-corrected chi connectivity index (χ3v) is 4.15. The van der Waals surface area contributed by atoms with Crippen LogP contribution in [-0.4, -0.2) is 42.6 Å². The molecule has 0 aliphatic carbocycles. The van der Waals surface area contributed by atoms with Gasteiger partial charge in [0.15, 0.2) is 0 Å². The molecular formula is C16H22N2O2. The van der Waals surface area contributed by atoms with Gasteiger partial charge in [0.2, 0.25) is 0 Å². The molecule has 0 radical (unpaired) electrons. The fourth-order valence-corrected chi connectivity index (χ4v) is 3.10. The average molecular weight is 274 g/mol. The van der Waals surface area contributed by atoms with E-state index in [0.717, 1.165) is 32.7 Å². The second-order valence-electron chi connectivity index (χ2n) is 6.29. The molecule has 4 nitrogen and oxygen atoms in total. The van der Waals surface area contributed by atoms with Gasteiger partial charge in [0.25, 0.3) is 0 Å². The van der Waals surface area contributed by atoms with E-state index in [1.165, 1.54) is 18.1 Å². The standard InChI is InChI=1S/C16H22N2O2/c1-12(19)20-16(2)10-18(11-16)9-13-3-5-14(6-4-13)15-7-17-8-15/h3-6,15,17H,7-11H2,1-2H3. The van der Waals surface area contributed by atoms with E-state index in [1.807, 2.05) is 6.92 Å². The summed E-state index contributed by atoms with van der Waals surface area (Å²) in [5, 5.41) is 3.30. The summed E-state index contributed by atoms with van der Waals surface area (Å²) in [6.07, 6.45) is 0. The van der Waals surface area contributed by atoms with E-state index in [1.54, 1.807) is 0 Å². The maximum absolute atomic E-state index is 11.0. The van der Waals surface area contributed by atoms with Crippen molar-refractivity contribution in [2.24, 2.45) is 0 Å². The number of hydrogen-bond donors (Lipinski definition) is 1. The molecule has 2 saturated heterocycles. The van der Waals surface area contributed by atoms with Gasteiger partial charge in [-0.3, -0.25) is 9.69 Å². The highest BCUT2D eigenvalue weighted by Crippen LogP contribution is 2.27. The molecule has 2 heterocycles. The molecule has 0 bridgehead atoms.